The minimum atomic E-state index is -0.405. The lowest BCUT2D eigenvalue weighted by atomic mass is 9.79. The third kappa shape index (κ3) is 30.3. The van der Waals surface area contributed by atoms with Crippen molar-refractivity contribution in [2.75, 3.05) is 29.2 Å². The van der Waals surface area contributed by atoms with Crippen LogP contribution in [0.2, 0.25) is 0 Å². The van der Waals surface area contributed by atoms with Crippen LogP contribution in [0, 0.1) is 59.8 Å². The summed E-state index contributed by atoms with van der Waals surface area (Å²) in [5.74, 6) is -0.677. The number of primary amides is 1. The Morgan fingerprint density at radius 2 is 0.955 bits per heavy atom. The van der Waals surface area contributed by atoms with E-state index in [4.69, 9.17) is 47.7 Å². The molecule has 1 aliphatic rings. The zero-order valence-corrected chi connectivity index (χ0v) is 77.0. The highest BCUT2D eigenvalue weighted by atomic mass is 127. The van der Waals surface area contributed by atoms with Gasteiger partial charge in [-0.25, -0.2) is 9.97 Å². The van der Waals surface area contributed by atoms with Gasteiger partial charge in [0.25, 0.3) is 11.8 Å². The smallest absolute Gasteiger partial charge is 0.399 e. The number of carbonyl (C=O) groups excluding carboxylic acids is 3. The fraction of sp³-hybridized carbons (Fsp3) is 0.232. The maximum Gasteiger partial charge on any atom is 0.494 e. The van der Waals surface area contributed by atoms with Crippen molar-refractivity contribution in [1.29, 1.82) is 5.26 Å². The fourth-order valence-corrected chi connectivity index (χ4v) is 12.8. The van der Waals surface area contributed by atoms with E-state index in [9.17, 15) is 14.4 Å². The highest BCUT2D eigenvalue weighted by Gasteiger charge is 2.51. The van der Waals surface area contributed by atoms with Gasteiger partial charge in [0.2, 0.25) is 5.91 Å². The molecule has 110 heavy (non-hydrogen) atoms. The van der Waals surface area contributed by atoms with Crippen LogP contribution < -0.4 is 33.7 Å². The van der Waals surface area contributed by atoms with Crippen molar-refractivity contribution in [2.45, 2.75) is 108 Å². The van der Waals surface area contributed by atoms with Gasteiger partial charge in [-0.05, 0) is 224 Å². The number of nitrogens with one attached hydrogen (secondary N) is 2. The summed E-state index contributed by atoms with van der Waals surface area (Å²) in [5, 5.41) is 21.1. The van der Waals surface area contributed by atoms with Crippen LogP contribution in [0.4, 0.5) is 11.4 Å². The van der Waals surface area contributed by atoms with Crippen molar-refractivity contribution in [2.24, 2.45) is 11.5 Å². The predicted octanol–water partition coefficient (Wildman–Crippen LogP) is 22.1. The zero-order valence-electron chi connectivity index (χ0n) is 63.3. The van der Waals surface area contributed by atoms with E-state index in [1.165, 1.54) is 22.3 Å². The summed E-state index contributed by atoms with van der Waals surface area (Å²) in [4.78, 5) is 52.6. The van der Waals surface area contributed by atoms with Gasteiger partial charge in [-0.1, -0.05) is 165 Å². The first-order valence-electron chi connectivity index (χ1n) is 33.6. The molecule has 5 heterocycles. The molecule has 1 saturated heterocycles. The maximum absolute atomic E-state index is 12.5. The van der Waals surface area contributed by atoms with Gasteiger partial charge >= 0.3 is 7.12 Å². The van der Waals surface area contributed by atoms with Gasteiger partial charge in [0.05, 0.1) is 28.2 Å². The molecule has 28 heteroatoms. The molecule has 580 valence electrons. The number of nitrogens with two attached hydrogens (primary N) is 2. The van der Waals surface area contributed by atoms with Crippen molar-refractivity contribution in [3.05, 3.63) is 284 Å². The Bertz CT molecular complexity index is 4730. The Hall–Kier alpha value is -6.77. The van der Waals surface area contributed by atoms with Crippen LogP contribution in [-0.4, -0.2) is 85.8 Å². The minimum Gasteiger partial charge on any atom is -0.399 e. The lowest BCUT2D eigenvalue weighted by Gasteiger charge is -2.32. The Morgan fingerprint density at radius 3 is 1.35 bits per heavy atom. The molecule has 1 fully saturated rings. The fourth-order valence-electron chi connectivity index (χ4n) is 9.48. The molecule has 0 bridgehead atoms. The van der Waals surface area contributed by atoms with Crippen LogP contribution in [0.5, 0.6) is 0 Å². The molecule has 0 radical (unpaired) electrons. The molecule has 1 aliphatic heterocycles. The topological polar surface area (TPSA) is 275 Å². The number of rotatable bonds is 15. The van der Waals surface area contributed by atoms with Gasteiger partial charge in [-0.2, -0.15) is 18.8 Å². The number of nitriles is 1. The van der Waals surface area contributed by atoms with Crippen molar-refractivity contribution in [1.82, 2.24) is 26.1 Å². The number of benzene rings is 7. The zero-order chi connectivity index (χ0) is 78.5. The average molecular weight is 1990 g/mol. The molecule has 11 aromatic rings. The predicted molar refractivity (Wildman–Crippen MR) is 491 cm³/mol. The molecule has 17 nitrogen and oxygen atoms in total. The highest BCUT2D eigenvalue weighted by Crippen LogP contribution is 2.37. The second-order valence-electron chi connectivity index (χ2n) is 25.0. The Kier molecular flexibility index (Phi) is 42.8. The number of thiocarbonyl (C=S) groups is 1. The molecule has 7 aromatic carbocycles. The monoisotopic (exact) mass is 1990 g/mol. The summed E-state index contributed by atoms with van der Waals surface area (Å²) in [6.07, 6.45) is 10.2. The first-order valence-corrected chi connectivity index (χ1v) is 40.1. The molecule has 4 aromatic heterocycles. The highest BCUT2D eigenvalue weighted by molar-refractivity contribution is 14.0. The van der Waals surface area contributed by atoms with E-state index >= 15 is 0 Å². The number of nitrogens with zero attached hydrogens (tertiary/aromatic N) is 5. The van der Waals surface area contributed by atoms with Gasteiger partial charge in [0.1, 0.15) is 15.0 Å². The molecule has 3 amide bonds. The van der Waals surface area contributed by atoms with Crippen LogP contribution in [0.3, 0.4) is 0 Å². The summed E-state index contributed by atoms with van der Waals surface area (Å²) >= 11 is 24.9. The largest absolute Gasteiger partial charge is 0.494 e. The lowest BCUT2D eigenvalue weighted by Crippen LogP contribution is -2.41. The molecule has 0 atom stereocenters. The van der Waals surface area contributed by atoms with Crippen LogP contribution in [0.25, 0.3) is 32.3 Å². The number of carbonyl (C=O) groups is 3. The normalized spacial score (nSPS) is 11.7. The standard InChI is InChI=1S/C23H19N3OS.C19H23BN2O3.C10H8BrNS.C8H8BrNO.C8H8BrNS.C8H6BrN.C6H13BrO2.HI.H3N.H2S/c1-15-3-4-18(23-25-11-12-28-23)13-21(15)17-5-7-19(8-6-17)26-22(27)20-9-10-24-14-16(20)2;1-13-12-21-11-10-16(13)17(23)22-15-8-6-14(7-9-15)20-24-18(2,3)19(4,5)25-20;1-7-2-3-8(6-9(7)11)10-12-4-5-13-10;2*1-5-2-3-6(8(10)11)4-7(5)9;1-6-2-3-7(5-10)4-8(6)9;1-3-8-6(5-7)9-4-2;;;/h3-14H,1-2H3,(H,26,27);6-12H,1-5H3,(H,22,23);2-6H,1H3;2*2-4H,1H3,(H2,10,11);2-4H,1H3;6H,3-5H2,1-2H3;1H;1H3;1H2. The Morgan fingerprint density at radius 1 is 0.555 bits per heavy atom. The number of pyridine rings is 2. The van der Waals surface area contributed by atoms with E-state index in [1.54, 1.807) is 77.8 Å². The van der Waals surface area contributed by atoms with Gasteiger partial charge in [0.15, 0.2) is 6.29 Å². The maximum atomic E-state index is 12.5. The summed E-state index contributed by atoms with van der Waals surface area (Å²) in [6, 6.07) is 50.3. The third-order valence-electron chi connectivity index (χ3n) is 16.5. The SMILES string of the molecule is CCOC(CBr)OCC.Cc1ccc(-c2nccs2)cc1Br.Cc1ccc(C#N)cc1Br.Cc1ccc(C(N)=O)cc1Br.Cc1ccc(C(N)=S)cc1Br.Cc1cnccc1C(=O)Nc1ccc(-c2cc(-c3nccs3)ccc2C)cc1.Cc1cnccc1C(=O)Nc1ccc(B2OC(C)(C)C(C)(C)O2)cc1.I.N.S. The molecule has 0 unspecified atom stereocenters. The summed E-state index contributed by atoms with van der Waals surface area (Å²) in [6.45, 7) is 27.3. The van der Waals surface area contributed by atoms with Crippen molar-refractivity contribution < 1.29 is 33.2 Å². The number of thiazole rings is 2. The number of halogens is 6. The number of amides is 3. The Labute approximate surface area is 726 Å². The molecule has 12 rings (SSSR count). The van der Waals surface area contributed by atoms with Gasteiger partial charge in [-0.15, -0.1) is 46.7 Å². The van der Waals surface area contributed by atoms with E-state index in [2.05, 4.69) is 167 Å². The third-order valence-corrected chi connectivity index (χ3v) is 22.3. The van der Waals surface area contributed by atoms with Crippen LogP contribution in [0.1, 0.15) is 123 Å². The number of hydrogen-bond donors (Lipinski definition) is 5. The lowest BCUT2D eigenvalue weighted by molar-refractivity contribution is -0.119. The van der Waals surface area contributed by atoms with Crippen LogP contribution in [0.15, 0.2) is 217 Å². The molecule has 0 spiro atoms. The van der Waals surface area contributed by atoms with Crippen LogP contribution >= 0.6 is 152 Å². The number of ether oxygens (including phenoxy) is 2. The van der Waals surface area contributed by atoms with E-state index in [0.717, 1.165) is 94.6 Å². The first kappa shape index (κ1) is 97.4. The van der Waals surface area contributed by atoms with E-state index in [-0.39, 0.29) is 72.9 Å². The average Bonchev–Trinajstić information content (AvgIpc) is 1.62. The number of anilines is 2. The number of hydrogen-bond acceptors (Lipinski definition) is 16. The van der Waals surface area contributed by atoms with Crippen molar-refractivity contribution >= 4 is 199 Å². The van der Waals surface area contributed by atoms with E-state index < -0.39 is 13.0 Å². The minimum absolute atomic E-state index is 0. The molecule has 0 saturated carbocycles. The quantitative estimate of drug-likeness (QED) is 0.0210. The number of alkyl halides is 1. The van der Waals surface area contributed by atoms with Gasteiger partial charge < -0.3 is 47.0 Å². The van der Waals surface area contributed by atoms with Gasteiger partial charge in [0, 0.05) is 124 Å². The second-order valence-corrected chi connectivity index (χ2v) is 31.3. The second kappa shape index (κ2) is 48.3. The van der Waals surface area contributed by atoms with Crippen molar-refractivity contribution in [3.8, 4) is 38.3 Å². The summed E-state index contributed by atoms with van der Waals surface area (Å²) in [7, 11) is -0.405. The van der Waals surface area contributed by atoms with Crippen LogP contribution in [-0.2, 0) is 18.8 Å². The molecule has 9 N–H and O–H groups in total. The van der Waals surface area contributed by atoms with E-state index in [0.29, 0.717) is 40.5 Å². The number of aromatic nitrogens is 4. The summed E-state index contributed by atoms with van der Waals surface area (Å²) < 4.78 is 26.5. The van der Waals surface area contributed by atoms with E-state index in [1.807, 2.05) is 184 Å². The van der Waals surface area contributed by atoms with Crippen molar-refractivity contribution in [3.63, 3.8) is 0 Å². The summed E-state index contributed by atoms with van der Waals surface area (Å²) in [5.41, 5.74) is 27.7. The molecular formula is C82H91BBr5IN10O7S4. The number of aryl methyl sites for hydroxylation is 7. The first-order chi connectivity index (χ1) is 50.9. The molecule has 0 aliphatic carbocycles. The Balaban J connectivity index is 0.000000348. The van der Waals surface area contributed by atoms with Gasteiger partial charge in [-0.3, -0.25) is 24.4 Å². The molecular weight excluding hydrogens is 1900 g/mol.